The first-order chi connectivity index (χ1) is 11.6. The SMILES string of the molecule is C[C@H](OC(=O)/C=C/c1ccccc1F)C(=O)NC1CCCCCC1. The largest absolute Gasteiger partial charge is 0.449 e. The van der Waals surface area contributed by atoms with Crippen molar-refractivity contribution in [3.63, 3.8) is 0 Å². The predicted octanol–water partition coefficient (Wildman–Crippen LogP) is 3.61. The Morgan fingerprint density at radius 2 is 1.88 bits per heavy atom. The van der Waals surface area contributed by atoms with Crippen molar-refractivity contribution in [2.45, 2.75) is 57.6 Å². The zero-order valence-corrected chi connectivity index (χ0v) is 14.0. The molecule has 0 aromatic heterocycles. The van der Waals surface area contributed by atoms with Crippen LogP contribution in [0.25, 0.3) is 6.08 Å². The second kappa shape index (κ2) is 9.21. The van der Waals surface area contributed by atoms with Crippen LogP contribution in [0.3, 0.4) is 0 Å². The van der Waals surface area contributed by atoms with Crippen LogP contribution in [-0.2, 0) is 14.3 Å². The van der Waals surface area contributed by atoms with Crippen molar-refractivity contribution in [1.82, 2.24) is 5.32 Å². The van der Waals surface area contributed by atoms with Crippen LogP contribution in [0.2, 0.25) is 0 Å². The molecule has 130 valence electrons. The molecule has 0 heterocycles. The quantitative estimate of drug-likeness (QED) is 0.509. The van der Waals surface area contributed by atoms with Gasteiger partial charge in [-0.1, -0.05) is 43.9 Å². The molecule has 0 saturated heterocycles. The van der Waals surface area contributed by atoms with Crippen LogP contribution < -0.4 is 5.32 Å². The summed E-state index contributed by atoms with van der Waals surface area (Å²) in [7, 11) is 0. The molecule has 0 bridgehead atoms. The van der Waals surface area contributed by atoms with Gasteiger partial charge in [-0.05, 0) is 31.9 Å². The summed E-state index contributed by atoms with van der Waals surface area (Å²) >= 11 is 0. The second-order valence-corrected chi connectivity index (χ2v) is 6.13. The number of benzene rings is 1. The zero-order valence-electron chi connectivity index (χ0n) is 14.0. The first kappa shape index (κ1) is 18.2. The average molecular weight is 333 g/mol. The maximum atomic E-state index is 13.5. The van der Waals surface area contributed by atoms with Gasteiger partial charge in [0, 0.05) is 17.7 Å². The topological polar surface area (TPSA) is 55.4 Å². The van der Waals surface area contributed by atoms with E-state index in [1.165, 1.54) is 25.0 Å². The van der Waals surface area contributed by atoms with Gasteiger partial charge < -0.3 is 10.1 Å². The Morgan fingerprint density at radius 3 is 2.54 bits per heavy atom. The number of hydrogen-bond donors (Lipinski definition) is 1. The third kappa shape index (κ3) is 5.80. The Labute approximate surface area is 142 Å². The number of halogens is 1. The normalized spacial score (nSPS) is 17.2. The van der Waals surface area contributed by atoms with E-state index >= 15 is 0 Å². The van der Waals surface area contributed by atoms with Gasteiger partial charge >= 0.3 is 5.97 Å². The van der Waals surface area contributed by atoms with Crippen molar-refractivity contribution in [2.75, 3.05) is 0 Å². The minimum absolute atomic E-state index is 0.162. The van der Waals surface area contributed by atoms with E-state index < -0.39 is 17.9 Å². The van der Waals surface area contributed by atoms with Crippen molar-refractivity contribution < 1.29 is 18.7 Å². The smallest absolute Gasteiger partial charge is 0.331 e. The number of ether oxygens (including phenoxy) is 1. The molecule has 5 heteroatoms. The van der Waals surface area contributed by atoms with Gasteiger partial charge in [-0.15, -0.1) is 0 Å². The van der Waals surface area contributed by atoms with Crippen molar-refractivity contribution in [3.8, 4) is 0 Å². The third-order valence-electron chi connectivity index (χ3n) is 4.17. The highest BCUT2D eigenvalue weighted by atomic mass is 19.1. The van der Waals surface area contributed by atoms with Crippen molar-refractivity contribution >= 4 is 18.0 Å². The number of carbonyl (C=O) groups is 2. The Morgan fingerprint density at radius 1 is 1.21 bits per heavy atom. The van der Waals surface area contributed by atoms with Crippen molar-refractivity contribution in [2.24, 2.45) is 0 Å². The van der Waals surface area contributed by atoms with E-state index in [1.807, 2.05) is 0 Å². The summed E-state index contributed by atoms with van der Waals surface area (Å²) in [5.74, 6) is -1.36. The van der Waals surface area contributed by atoms with E-state index in [0.717, 1.165) is 31.8 Å². The van der Waals surface area contributed by atoms with Crippen LogP contribution in [0.1, 0.15) is 51.0 Å². The minimum Gasteiger partial charge on any atom is -0.449 e. The van der Waals surface area contributed by atoms with Gasteiger partial charge in [-0.3, -0.25) is 4.79 Å². The highest BCUT2D eigenvalue weighted by Crippen LogP contribution is 2.17. The van der Waals surface area contributed by atoms with Gasteiger partial charge in [0.2, 0.25) is 0 Å². The van der Waals surface area contributed by atoms with Crippen LogP contribution in [0, 0.1) is 5.82 Å². The fourth-order valence-electron chi connectivity index (χ4n) is 2.78. The lowest BCUT2D eigenvalue weighted by atomic mass is 10.1. The molecular formula is C19H24FNO3. The van der Waals surface area contributed by atoms with E-state index in [9.17, 15) is 14.0 Å². The number of amides is 1. The summed E-state index contributed by atoms with van der Waals surface area (Å²) < 4.78 is 18.5. The molecule has 1 aromatic carbocycles. The highest BCUT2D eigenvalue weighted by molar-refractivity contribution is 5.90. The van der Waals surface area contributed by atoms with Gasteiger partial charge in [0.15, 0.2) is 6.10 Å². The summed E-state index contributed by atoms with van der Waals surface area (Å²) in [6.07, 6.45) is 8.19. The fourth-order valence-corrected chi connectivity index (χ4v) is 2.78. The summed E-state index contributed by atoms with van der Waals surface area (Å²) in [6.45, 7) is 1.54. The Kier molecular flexibility index (Phi) is 6.97. The summed E-state index contributed by atoms with van der Waals surface area (Å²) in [4.78, 5) is 23.9. The van der Waals surface area contributed by atoms with E-state index in [0.29, 0.717) is 5.56 Å². The highest BCUT2D eigenvalue weighted by Gasteiger charge is 2.21. The molecule has 1 aromatic rings. The van der Waals surface area contributed by atoms with Gasteiger partial charge in [0.25, 0.3) is 5.91 Å². The number of esters is 1. The number of hydrogen-bond acceptors (Lipinski definition) is 3. The van der Waals surface area contributed by atoms with Gasteiger partial charge in [-0.25, -0.2) is 9.18 Å². The lowest BCUT2D eigenvalue weighted by Crippen LogP contribution is -2.41. The molecule has 2 rings (SSSR count). The lowest BCUT2D eigenvalue weighted by Gasteiger charge is -2.19. The number of nitrogens with one attached hydrogen (secondary N) is 1. The molecule has 1 atom stereocenters. The molecule has 4 nitrogen and oxygen atoms in total. The molecule has 1 amide bonds. The maximum absolute atomic E-state index is 13.5. The summed E-state index contributed by atoms with van der Waals surface area (Å²) in [6, 6.07) is 6.28. The first-order valence-corrected chi connectivity index (χ1v) is 8.50. The Hall–Kier alpha value is -2.17. The molecule has 1 saturated carbocycles. The Bertz CT molecular complexity index is 592. The van der Waals surface area contributed by atoms with Crippen LogP contribution in [0.15, 0.2) is 30.3 Å². The maximum Gasteiger partial charge on any atom is 0.331 e. The van der Waals surface area contributed by atoms with Crippen LogP contribution in [0.5, 0.6) is 0 Å². The summed E-state index contributed by atoms with van der Waals surface area (Å²) in [5.41, 5.74) is 0.296. The lowest BCUT2D eigenvalue weighted by molar-refractivity contribution is -0.150. The third-order valence-corrected chi connectivity index (χ3v) is 4.17. The van der Waals surface area contributed by atoms with Crippen LogP contribution >= 0.6 is 0 Å². The van der Waals surface area contributed by atoms with Crippen molar-refractivity contribution in [1.29, 1.82) is 0 Å². The van der Waals surface area contributed by atoms with Crippen LogP contribution in [-0.4, -0.2) is 24.0 Å². The standard InChI is InChI=1S/C19H24FNO3/c1-14(19(23)21-16-9-4-2-3-5-10-16)24-18(22)13-12-15-8-6-7-11-17(15)20/h6-8,11-14,16H,2-5,9-10H2,1H3,(H,21,23)/b13-12+/t14-/m0/s1. The second-order valence-electron chi connectivity index (χ2n) is 6.13. The molecule has 0 unspecified atom stereocenters. The Balaban J connectivity index is 1.82. The monoisotopic (exact) mass is 333 g/mol. The molecule has 0 radical (unpaired) electrons. The molecule has 1 aliphatic rings. The molecule has 1 fully saturated rings. The van der Waals surface area contributed by atoms with E-state index in [-0.39, 0.29) is 11.9 Å². The van der Waals surface area contributed by atoms with Gasteiger partial charge in [-0.2, -0.15) is 0 Å². The van der Waals surface area contributed by atoms with Gasteiger partial charge in [0.1, 0.15) is 5.82 Å². The molecule has 1 N–H and O–H groups in total. The van der Waals surface area contributed by atoms with Crippen LogP contribution in [0.4, 0.5) is 4.39 Å². The van der Waals surface area contributed by atoms with Crippen molar-refractivity contribution in [3.05, 3.63) is 41.7 Å². The minimum atomic E-state index is -0.869. The van der Waals surface area contributed by atoms with E-state index in [2.05, 4.69) is 5.32 Å². The molecular weight excluding hydrogens is 309 g/mol. The zero-order chi connectivity index (χ0) is 17.4. The van der Waals surface area contributed by atoms with E-state index in [1.54, 1.807) is 25.1 Å². The molecule has 0 aliphatic heterocycles. The molecule has 0 spiro atoms. The molecule has 1 aliphatic carbocycles. The van der Waals surface area contributed by atoms with Gasteiger partial charge in [0.05, 0.1) is 0 Å². The van der Waals surface area contributed by atoms with E-state index in [4.69, 9.17) is 4.74 Å². The average Bonchev–Trinajstić information content (AvgIpc) is 2.82. The first-order valence-electron chi connectivity index (χ1n) is 8.50. The number of rotatable bonds is 5. The molecule has 24 heavy (non-hydrogen) atoms. The summed E-state index contributed by atoms with van der Waals surface area (Å²) in [5, 5.41) is 2.95. The fraction of sp³-hybridized carbons (Fsp3) is 0.474. The number of carbonyl (C=O) groups excluding carboxylic acids is 2. The predicted molar refractivity (Wildman–Crippen MR) is 90.6 cm³/mol.